The number of halogens is 4. The van der Waals surface area contributed by atoms with Gasteiger partial charge in [0.05, 0.1) is 13.5 Å². The number of nitrogens with one attached hydrogen (secondary N) is 2. The van der Waals surface area contributed by atoms with Gasteiger partial charge in [0.2, 0.25) is 5.91 Å². The molecular weight excluding hydrogens is 359 g/mol. The van der Waals surface area contributed by atoms with E-state index < -0.39 is 24.7 Å². The van der Waals surface area contributed by atoms with Crippen LogP contribution in [-0.4, -0.2) is 62.9 Å². The second-order valence-corrected chi connectivity index (χ2v) is 5.64. The van der Waals surface area contributed by atoms with Crippen molar-refractivity contribution in [1.82, 2.24) is 15.5 Å². The maximum atomic E-state index is 13.3. The van der Waals surface area contributed by atoms with Gasteiger partial charge in [-0.25, -0.2) is 0 Å². The molecule has 142 valence electrons. The minimum atomic E-state index is -4.38. The molecule has 1 aromatic carbocycles. The standard InChI is InChI=1S/C16H22F3N3O2.ClH/c1-24-13-5-3-2-4-12(13)10-15(23)21-11-14(16(17,18)19)22-8-6-20-7-9-22;/h2-5,14,20H,6-11H2,1H3,(H,21,23);1H. The number of methoxy groups -OCH3 is 1. The summed E-state index contributed by atoms with van der Waals surface area (Å²) < 4.78 is 44.9. The van der Waals surface area contributed by atoms with Gasteiger partial charge in [0.15, 0.2) is 0 Å². The zero-order chi connectivity index (χ0) is 17.6. The number of carbonyl (C=O) groups is 1. The number of alkyl halides is 3. The van der Waals surface area contributed by atoms with E-state index in [0.29, 0.717) is 37.5 Å². The number of hydrogen-bond donors (Lipinski definition) is 2. The van der Waals surface area contributed by atoms with Gasteiger partial charge in [-0.05, 0) is 6.07 Å². The molecule has 1 unspecified atom stereocenters. The molecule has 1 aliphatic heterocycles. The summed E-state index contributed by atoms with van der Waals surface area (Å²) in [5.41, 5.74) is 0.642. The Morgan fingerprint density at radius 3 is 2.56 bits per heavy atom. The average Bonchev–Trinajstić information content (AvgIpc) is 2.55. The van der Waals surface area contributed by atoms with Gasteiger partial charge in [0.1, 0.15) is 11.8 Å². The fourth-order valence-corrected chi connectivity index (χ4v) is 2.74. The molecular formula is C16H23ClF3N3O2. The minimum absolute atomic E-state index is 0. The largest absolute Gasteiger partial charge is 0.496 e. The number of nitrogens with zero attached hydrogens (tertiary/aromatic N) is 1. The van der Waals surface area contributed by atoms with Crippen molar-refractivity contribution >= 4 is 18.3 Å². The van der Waals surface area contributed by atoms with Crippen LogP contribution in [0.1, 0.15) is 5.56 Å². The third-order valence-electron chi connectivity index (χ3n) is 4.01. The summed E-state index contributed by atoms with van der Waals surface area (Å²) in [7, 11) is 1.49. The van der Waals surface area contributed by atoms with Crippen molar-refractivity contribution < 1.29 is 22.7 Å². The van der Waals surface area contributed by atoms with E-state index in [9.17, 15) is 18.0 Å². The third kappa shape index (κ3) is 6.37. The van der Waals surface area contributed by atoms with Crippen molar-refractivity contribution in [2.24, 2.45) is 0 Å². The molecule has 0 spiro atoms. The topological polar surface area (TPSA) is 53.6 Å². The molecule has 1 aliphatic rings. The van der Waals surface area contributed by atoms with E-state index in [0.717, 1.165) is 0 Å². The first-order valence-corrected chi connectivity index (χ1v) is 7.82. The molecule has 1 atom stereocenters. The van der Waals surface area contributed by atoms with Crippen molar-refractivity contribution in [3.8, 4) is 5.75 Å². The maximum Gasteiger partial charge on any atom is 0.405 e. The molecule has 5 nitrogen and oxygen atoms in total. The van der Waals surface area contributed by atoms with Crippen LogP contribution in [0.5, 0.6) is 5.75 Å². The molecule has 1 saturated heterocycles. The van der Waals surface area contributed by atoms with Gasteiger partial charge in [-0.2, -0.15) is 13.2 Å². The van der Waals surface area contributed by atoms with Crippen LogP contribution in [0.15, 0.2) is 24.3 Å². The number of carbonyl (C=O) groups excluding carboxylic acids is 1. The lowest BCUT2D eigenvalue weighted by atomic mass is 10.1. The molecule has 0 bridgehead atoms. The first-order valence-electron chi connectivity index (χ1n) is 7.82. The molecule has 0 saturated carbocycles. The lowest BCUT2D eigenvalue weighted by Crippen LogP contribution is -2.57. The number of amides is 1. The van der Waals surface area contributed by atoms with Gasteiger partial charge in [-0.1, -0.05) is 18.2 Å². The summed E-state index contributed by atoms with van der Waals surface area (Å²) >= 11 is 0. The summed E-state index contributed by atoms with van der Waals surface area (Å²) in [4.78, 5) is 13.4. The number of benzene rings is 1. The Kier molecular flexibility index (Phi) is 8.47. The highest BCUT2D eigenvalue weighted by Gasteiger charge is 2.43. The van der Waals surface area contributed by atoms with Gasteiger partial charge in [-0.3, -0.25) is 9.69 Å². The molecule has 1 aromatic rings. The van der Waals surface area contributed by atoms with Crippen LogP contribution in [0.4, 0.5) is 13.2 Å². The Balaban J connectivity index is 0.00000312. The van der Waals surface area contributed by atoms with E-state index in [4.69, 9.17) is 4.74 Å². The minimum Gasteiger partial charge on any atom is -0.496 e. The Labute approximate surface area is 151 Å². The van der Waals surface area contributed by atoms with Crippen molar-refractivity contribution in [1.29, 1.82) is 0 Å². The van der Waals surface area contributed by atoms with Crippen LogP contribution in [-0.2, 0) is 11.2 Å². The Bertz CT molecular complexity index is 552. The molecule has 2 rings (SSSR count). The first-order chi connectivity index (χ1) is 11.4. The Morgan fingerprint density at radius 1 is 1.32 bits per heavy atom. The number of piperazine rings is 1. The summed E-state index contributed by atoms with van der Waals surface area (Å²) in [6, 6.07) is 5.29. The molecule has 1 fully saturated rings. The highest BCUT2D eigenvalue weighted by molar-refractivity contribution is 5.85. The second kappa shape index (κ2) is 9.84. The highest BCUT2D eigenvalue weighted by atomic mass is 35.5. The van der Waals surface area contributed by atoms with Gasteiger partial charge >= 0.3 is 6.18 Å². The van der Waals surface area contributed by atoms with Crippen molar-refractivity contribution in [2.45, 2.75) is 18.6 Å². The van der Waals surface area contributed by atoms with E-state index in [1.165, 1.54) is 12.0 Å². The normalized spacial score (nSPS) is 16.6. The van der Waals surface area contributed by atoms with Crippen molar-refractivity contribution in [2.75, 3.05) is 39.8 Å². The van der Waals surface area contributed by atoms with Gasteiger partial charge in [0.25, 0.3) is 0 Å². The Morgan fingerprint density at radius 2 is 1.96 bits per heavy atom. The smallest absolute Gasteiger partial charge is 0.405 e. The molecule has 2 N–H and O–H groups in total. The molecule has 9 heteroatoms. The van der Waals surface area contributed by atoms with Crippen LogP contribution in [0.25, 0.3) is 0 Å². The predicted octanol–water partition coefficient (Wildman–Crippen LogP) is 1.61. The van der Waals surface area contributed by atoms with Gasteiger partial charge in [0, 0.05) is 38.3 Å². The van der Waals surface area contributed by atoms with Crippen molar-refractivity contribution in [3.05, 3.63) is 29.8 Å². The van der Waals surface area contributed by atoms with E-state index in [1.807, 2.05) is 0 Å². The molecule has 0 aromatic heterocycles. The number of para-hydroxylation sites is 1. The van der Waals surface area contributed by atoms with Gasteiger partial charge < -0.3 is 15.4 Å². The summed E-state index contributed by atoms with van der Waals surface area (Å²) in [5.74, 6) is 0.0889. The highest BCUT2D eigenvalue weighted by Crippen LogP contribution is 2.25. The zero-order valence-corrected chi connectivity index (χ0v) is 14.8. The second-order valence-electron chi connectivity index (χ2n) is 5.64. The van der Waals surface area contributed by atoms with Crippen LogP contribution in [0.2, 0.25) is 0 Å². The molecule has 0 aliphatic carbocycles. The lowest BCUT2D eigenvalue weighted by Gasteiger charge is -2.35. The fraction of sp³-hybridized carbons (Fsp3) is 0.562. The van der Waals surface area contributed by atoms with E-state index in [1.54, 1.807) is 24.3 Å². The monoisotopic (exact) mass is 381 g/mol. The quantitative estimate of drug-likeness (QED) is 0.786. The molecule has 0 radical (unpaired) electrons. The van der Waals surface area contributed by atoms with E-state index >= 15 is 0 Å². The van der Waals surface area contributed by atoms with Crippen LogP contribution in [0.3, 0.4) is 0 Å². The summed E-state index contributed by atoms with van der Waals surface area (Å²) in [5, 5.41) is 5.43. The number of ether oxygens (including phenoxy) is 1. The predicted molar refractivity (Wildman–Crippen MR) is 91.2 cm³/mol. The number of hydrogen-bond acceptors (Lipinski definition) is 4. The van der Waals surface area contributed by atoms with E-state index in [2.05, 4.69) is 10.6 Å². The van der Waals surface area contributed by atoms with E-state index in [-0.39, 0.29) is 18.8 Å². The van der Waals surface area contributed by atoms with Crippen molar-refractivity contribution in [3.63, 3.8) is 0 Å². The summed E-state index contributed by atoms with van der Waals surface area (Å²) in [6.45, 7) is 1.21. The molecule has 25 heavy (non-hydrogen) atoms. The third-order valence-corrected chi connectivity index (χ3v) is 4.01. The maximum absolute atomic E-state index is 13.3. The van der Waals surface area contributed by atoms with Crippen LogP contribution >= 0.6 is 12.4 Å². The SMILES string of the molecule is COc1ccccc1CC(=O)NCC(N1CCNCC1)C(F)(F)F.Cl. The summed E-state index contributed by atoms with van der Waals surface area (Å²) in [6.07, 6.45) is -4.40. The molecule has 1 amide bonds. The van der Waals surface area contributed by atoms with Gasteiger partial charge in [-0.15, -0.1) is 12.4 Å². The lowest BCUT2D eigenvalue weighted by molar-refractivity contribution is -0.184. The number of rotatable bonds is 6. The Hall–Kier alpha value is -1.51. The molecule has 1 heterocycles. The average molecular weight is 382 g/mol. The zero-order valence-electron chi connectivity index (χ0n) is 13.9. The van der Waals surface area contributed by atoms with Crippen LogP contribution in [0, 0.1) is 0 Å². The fourth-order valence-electron chi connectivity index (χ4n) is 2.74. The first kappa shape index (κ1) is 21.5. The van der Waals surface area contributed by atoms with Crippen LogP contribution < -0.4 is 15.4 Å².